The zero-order valence-electron chi connectivity index (χ0n) is 6.56. The number of halogens is 1. The maximum atomic E-state index is 11.1. The Labute approximate surface area is 76.1 Å². The lowest BCUT2D eigenvalue weighted by Gasteiger charge is -2.17. The molecule has 0 aliphatic carbocycles. The average molecular weight is 255 g/mol. The summed E-state index contributed by atoms with van der Waals surface area (Å²) in [6.45, 7) is 5.70. The van der Waals surface area contributed by atoms with Crippen molar-refractivity contribution >= 4 is 28.5 Å². The van der Waals surface area contributed by atoms with Gasteiger partial charge in [0, 0.05) is 23.9 Å². The lowest BCUT2D eigenvalue weighted by molar-refractivity contribution is -0.130. The molecule has 0 rings (SSSR count). The molecule has 0 aliphatic rings. The van der Waals surface area contributed by atoms with Crippen LogP contribution in [0.2, 0.25) is 0 Å². The van der Waals surface area contributed by atoms with Gasteiger partial charge in [-0.3, -0.25) is 4.79 Å². The predicted molar refractivity (Wildman–Crippen MR) is 51.4 cm³/mol. The Morgan fingerprint density at radius 1 is 1.40 bits per heavy atom. The van der Waals surface area contributed by atoms with E-state index in [4.69, 9.17) is 0 Å². The molecule has 0 fully saturated rings. The smallest absolute Gasteiger partial charge is 0.223 e. The minimum absolute atomic E-state index is 0.277. The highest BCUT2D eigenvalue weighted by atomic mass is 127. The molecule has 3 heteroatoms. The molecule has 0 heterocycles. The van der Waals surface area contributed by atoms with E-state index < -0.39 is 0 Å². The van der Waals surface area contributed by atoms with Crippen LogP contribution in [-0.4, -0.2) is 28.3 Å². The normalized spacial score (nSPS) is 9.50. The number of rotatable bonds is 4. The summed E-state index contributed by atoms with van der Waals surface area (Å²) in [6.07, 6.45) is 0.683. The summed E-state index contributed by atoms with van der Waals surface area (Å²) in [5.74, 6) is 0.277. The van der Waals surface area contributed by atoms with Gasteiger partial charge in [0.15, 0.2) is 0 Å². The van der Waals surface area contributed by atoms with Crippen molar-refractivity contribution in [3.05, 3.63) is 0 Å². The van der Waals surface area contributed by atoms with E-state index in [0.717, 1.165) is 17.5 Å². The molecule has 60 valence electrons. The molecule has 0 aromatic heterocycles. The molecule has 0 aromatic carbocycles. The molecule has 0 atom stereocenters. The SMILES string of the molecule is CCN(CC)C(=O)CCI. The highest BCUT2D eigenvalue weighted by Gasteiger charge is 2.06. The van der Waals surface area contributed by atoms with Crippen molar-refractivity contribution in [3.8, 4) is 0 Å². The maximum Gasteiger partial charge on any atom is 0.223 e. The molecule has 0 saturated carbocycles. The molecular formula is C7H14INO. The van der Waals surface area contributed by atoms with Crippen LogP contribution in [0.5, 0.6) is 0 Å². The molecule has 0 N–H and O–H groups in total. The number of carbonyl (C=O) groups excluding carboxylic acids is 1. The van der Waals surface area contributed by atoms with Crippen LogP contribution in [0.3, 0.4) is 0 Å². The van der Waals surface area contributed by atoms with Crippen LogP contribution in [0.4, 0.5) is 0 Å². The Hall–Kier alpha value is 0.200. The first-order valence-electron chi connectivity index (χ1n) is 3.60. The number of hydrogen-bond acceptors (Lipinski definition) is 1. The van der Waals surface area contributed by atoms with E-state index in [1.807, 2.05) is 18.7 Å². The first-order valence-corrected chi connectivity index (χ1v) is 5.12. The minimum atomic E-state index is 0.277. The third-order valence-electron chi connectivity index (χ3n) is 1.42. The maximum absolute atomic E-state index is 11.1. The van der Waals surface area contributed by atoms with Gasteiger partial charge in [0.05, 0.1) is 0 Å². The van der Waals surface area contributed by atoms with Gasteiger partial charge in [0.25, 0.3) is 0 Å². The summed E-state index contributed by atoms with van der Waals surface area (Å²) in [6, 6.07) is 0. The fourth-order valence-electron chi connectivity index (χ4n) is 0.815. The molecule has 0 bridgehead atoms. The lowest BCUT2D eigenvalue weighted by atomic mass is 10.4. The summed E-state index contributed by atoms with van der Waals surface area (Å²) in [7, 11) is 0. The molecular weight excluding hydrogens is 241 g/mol. The van der Waals surface area contributed by atoms with Crippen LogP contribution in [0, 0.1) is 0 Å². The minimum Gasteiger partial charge on any atom is -0.343 e. The summed E-state index contributed by atoms with van der Waals surface area (Å²) >= 11 is 2.22. The molecule has 0 spiro atoms. The second-order valence-electron chi connectivity index (χ2n) is 2.01. The van der Waals surface area contributed by atoms with E-state index in [1.54, 1.807) is 0 Å². The molecule has 0 aliphatic heterocycles. The number of amides is 1. The van der Waals surface area contributed by atoms with Gasteiger partial charge in [0.1, 0.15) is 0 Å². The number of alkyl halides is 1. The van der Waals surface area contributed by atoms with Crippen LogP contribution in [-0.2, 0) is 4.79 Å². The van der Waals surface area contributed by atoms with Crippen molar-refractivity contribution in [1.29, 1.82) is 0 Å². The Bertz CT molecular complexity index is 102. The average Bonchev–Trinajstić information content (AvgIpc) is 1.91. The van der Waals surface area contributed by atoms with Crippen molar-refractivity contribution in [1.82, 2.24) is 4.90 Å². The zero-order chi connectivity index (χ0) is 7.98. The van der Waals surface area contributed by atoms with E-state index in [9.17, 15) is 4.79 Å². The number of nitrogens with zero attached hydrogens (tertiary/aromatic N) is 1. The van der Waals surface area contributed by atoms with Gasteiger partial charge >= 0.3 is 0 Å². The van der Waals surface area contributed by atoms with Crippen LogP contribution >= 0.6 is 22.6 Å². The predicted octanol–water partition coefficient (Wildman–Crippen LogP) is 1.68. The van der Waals surface area contributed by atoms with Gasteiger partial charge in [-0.25, -0.2) is 0 Å². The fraction of sp³-hybridized carbons (Fsp3) is 0.857. The number of hydrogen-bond donors (Lipinski definition) is 0. The van der Waals surface area contributed by atoms with Crippen LogP contribution < -0.4 is 0 Å². The van der Waals surface area contributed by atoms with Crippen molar-refractivity contribution in [2.45, 2.75) is 20.3 Å². The van der Waals surface area contributed by atoms with Gasteiger partial charge in [0.2, 0.25) is 5.91 Å². The zero-order valence-corrected chi connectivity index (χ0v) is 8.72. The second kappa shape index (κ2) is 5.95. The molecule has 10 heavy (non-hydrogen) atoms. The largest absolute Gasteiger partial charge is 0.343 e. The highest BCUT2D eigenvalue weighted by Crippen LogP contribution is 1.96. The van der Waals surface area contributed by atoms with Crippen molar-refractivity contribution in [3.63, 3.8) is 0 Å². The Balaban J connectivity index is 3.65. The van der Waals surface area contributed by atoms with Crippen LogP contribution in [0.1, 0.15) is 20.3 Å². The highest BCUT2D eigenvalue weighted by molar-refractivity contribution is 14.1. The lowest BCUT2D eigenvalue weighted by Crippen LogP contribution is -2.30. The van der Waals surface area contributed by atoms with E-state index in [0.29, 0.717) is 6.42 Å². The van der Waals surface area contributed by atoms with Gasteiger partial charge in [-0.05, 0) is 13.8 Å². The Kier molecular flexibility index (Phi) is 6.06. The summed E-state index contributed by atoms with van der Waals surface area (Å²) in [4.78, 5) is 13.0. The molecule has 0 radical (unpaired) electrons. The summed E-state index contributed by atoms with van der Waals surface area (Å²) < 4.78 is 0.924. The first-order chi connectivity index (χ1) is 4.76. The van der Waals surface area contributed by atoms with E-state index >= 15 is 0 Å². The van der Waals surface area contributed by atoms with Crippen LogP contribution in [0.25, 0.3) is 0 Å². The monoisotopic (exact) mass is 255 g/mol. The van der Waals surface area contributed by atoms with E-state index in [2.05, 4.69) is 22.6 Å². The summed E-state index contributed by atoms with van der Waals surface area (Å²) in [5, 5.41) is 0. The number of carbonyl (C=O) groups is 1. The van der Waals surface area contributed by atoms with E-state index in [1.165, 1.54) is 0 Å². The first kappa shape index (κ1) is 10.2. The molecule has 0 aromatic rings. The van der Waals surface area contributed by atoms with Gasteiger partial charge < -0.3 is 4.90 Å². The molecule has 0 saturated heterocycles. The Morgan fingerprint density at radius 2 is 1.90 bits per heavy atom. The molecule has 1 amide bonds. The molecule has 2 nitrogen and oxygen atoms in total. The third kappa shape index (κ3) is 3.39. The van der Waals surface area contributed by atoms with Gasteiger partial charge in [-0.2, -0.15) is 0 Å². The van der Waals surface area contributed by atoms with Crippen molar-refractivity contribution in [2.75, 3.05) is 17.5 Å². The third-order valence-corrected chi connectivity index (χ3v) is 1.96. The van der Waals surface area contributed by atoms with E-state index in [-0.39, 0.29) is 5.91 Å². The topological polar surface area (TPSA) is 20.3 Å². The van der Waals surface area contributed by atoms with Crippen molar-refractivity contribution < 1.29 is 4.79 Å². The van der Waals surface area contributed by atoms with Crippen LogP contribution in [0.15, 0.2) is 0 Å². The van der Waals surface area contributed by atoms with Crippen molar-refractivity contribution in [2.24, 2.45) is 0 Å². The quantitative estimate of drug-likeness (QED) is 0.553. The van der Waals surface area contributed by atoms with Gasteiger partial charge in [-0.1, -0.05) is 22.6 Å². The fourth-order valence-corrected chi connectivity index (χ4v) is 1.28. The summed E-state index contributed by atoms with van der Waals surface area (Å²) in [5.41, 5.74) is 0. The standard InChI is InChI=1S/C7H14INO/c1-3-9(4-2)7(10)5-6-8/h3-6H2,1-2H3. The second-order valence-corrected chi connectivity index (χ2v) is 3.08. The van der Waals surface area contributed by atoms with Gasteiger partial charge in [-0.15, -0.1) is 0 Å². The molecule has 0 unspecified atom stereocenters. The Morgan fingerprint density at radius 3 is 2.20 bits per heavy atom.